The van der Waals surface area contributed by atoms with Crippen LogP contribution in [0.25, 0.3) is 16.6 Å². The van der Waals surface area contributed by atoms with Crippen LogP contribution in [-0.2, 0) is 4.74 Å². The van der Waals surface area contributed by atoms with Gasteiger partial charge in [0.25, 0.3) is 11.5 Å². The van der Waals surface area contributed by atoms with Crippen molar-refractivity contribution in [2.24, 2.45) is 0 Å². The molecule has 0 spiro atoms. The summed E-state index contributed by atoms with van der Waals surface area (Å²) in [4.78, 5) is 34.4. The van der Waals surface area contributed by atoms with Crippen LogP contribution in [0.4, 0.5) is 0 Å². The van der Waals surface area contributed by atoms with Crippen LogP contribution in [0.15, 0.2) is 77.6 Å². The van der Waals surface area contributed by atoms with Crippen molar-refractivity contribution in [3.8, 4) is 17.2 Å². The predicted octanol–water partition coefficient (Wildman–Crippen LogP) is 5.81. The summed E-state index contributed by atoms with van der Waals surface area (Å²) >= 11 is 0. The SMILES string of the molecule is CCCCOc1ccc(C(=O)N(CCCOC)C(C)c2nc3ccccc3c(=O)n2-c2ccc(OC)cc2)cc1. The Hall–Kier alpha value is -4.17. The van der Waals surface area contributed by atoms with Crippen LogP contribution in [0.5, 0.6) is 11.5 Å². The monoisotopic (exact) mass is 543 g/mol. The molecule has 0 bridgehead atoms. The Morgan fingerprint density at radius 2 is 1.62 bits per heavy atom. The molecule has 0 aliphatic heterocycles. The summed E-state index contributed by atoms with van der Waals surface area (Å²) in [6, 6.07) is 21.2. The van der Waals surface area contributed by atoms with E-state index in [0.29, 0.717) is 59.9 Å². The topological polar surface area (TPSA) is 82.9 Å². The molecule has 3 aromatic carbocycles. The van der Waals surface area contributed by atoms with Gasteiger partial charge < -0.3 is 19.1 Å². The minimum absolute atomic E-state index is 0.160. The Kier molecular flexibility index (Phi) is 9.91. The van der Waals surface area contributed by atoms with Crippen molar-refractivity contribution in [1.29, 1.82) is 0 Å². The number of unbranched alkanes of at least 4 members (excludes halogenated alkanes) is 1. The summed E-state index contributed by atoms with van der Waals surface area (Å²) in [7, 11) is 3.23. The van der Waals surface area contributed by atoms with Crippen LogP contribution in [0.1, 0.15) is 55.3 Å². The Morgan fingerprint density at radius 1 is 0.925 bits per heavy atom. The highest BCUT2D eigenvalue weighted by Gasteiger charge is 2.27. The lowest BCUT2D eigenvalue weighted by molar-refractivity contribution is 0.0657. The number of methoxy groups -OCH3 is 2. The van der Waals surface area contributed by atoms with Gasteiger partial charge in [-0.15, -0.1) is 0 Å². The number of hydrogen-bond donors (Lipinski definition) is 0. The maximum absolute atomic E-state index is 13.9. The van der Waals surface area contributed by atoms with E-state index >= 15 is 0 Å². The van der Waals surface area contributed by atoms with Gasteiger partial charge in [-0.2, -0.15) is 0 Å². The molecule has 1 atom stereocenters. The first-order valence-corrected chi connectivity index (χ1v) is 13.7. The van der Waals surface area contributed by atoms with Crippen molar-refractivity contribution in [1.82, 2.24) is 14.5 Å². The van der Waals surface area contributed by atoms with Crippen molar-refractivity contribution in [2.45, 2.75) is 39.2 Å². The van der Waals surface area contributed by atoms with E-state index in [0.717, 1.165) is 18.6 Å². The highest BCUT2D eigenvalue weighted by Crippen LogP contribution is 2.26. The molecule has 210 valence electrons. The zero-order chi connectivity index (χ0) is 28.5. The molecule has 1 heterocycles. The molecule has 0 radical (unpaired) electrons. The second-order valence-corrected chi connectivity index (χ2v) is 9.57. The highest BCUT2D eigenvalue weighted by molar-refractivity contribution is 5.94. The molecule has 1 aromatic heterocycles. The first-order chi connectivity index (χ1) is 19.5. The quantitative estimate of drug-likeness (QED) is 0.198. The average molecular weight is 544 g/mol. The third-order valence-electron chi connectivity index (χ3n) is 6.85. The van der Waals surface area contributed by atoms with Gasteiger partial charge in [0.05, 0.1) is 36.3 Å². The van der Waals surface area contributed by atoms with E-state index in [1.165, 1.54) is 0 Å². The number of para-hydroxylation sites is 1. The van der Waals surface area contributed by atoms with E-state index in [-0.39, 0.29) is 11.5 Å². The lowest BCUT2D eigenvalue weighted by atomic mass is 10.1. The zero-order valence-electron chi connectivity index (χ0n) is 23.6. The van der Waals surface area contributed by atoms with Crippen LogP contribution in [0.3, 0.4) is 0 Å². The van der Waals surface area contributed by atoms with Crippen LogP contribution in [-0.4, -0.2) is 54.3 Å². The lowest BCUT2D eigenvalue weighted by Gasteiger charge is -2.31. The van der Waals surface area contributed by atoms with Gasteiger partial charge in [-0.1, -0.05) is 25.5 Å². The van der Waals surface area contributed by atoms with E-state index in [4.69, 9.17) is 19.2 Å². The minimum atomic E-state index is -0.524. The smallest absolute Gasteiger partial charge is 0.266 e. The molecule has 0 saturated carbocycles. The molecule has 4 aromatic rings. The van der Waals surface area contributed by atoms with Gasteiger partial charge in [0, 0.05) is 25.8 Å². The Balaban J connectivity index is 1.76. The lowest BCUT2D eigenvalue weighted by Crippen LogP contribution is -2.38. The normalized spacial score (nSPS) is 11.8. The Labute approximate surface area is 235 Å². The fourth-order valence-electron chi connectivity index (χ4n) is 4.59. The number of benzene rings is 3. The standard InChI is InChI=1S/C32H37N3O5/c1-5-6-22-40-27-16-12-24(13-17-27)31(36)34(20-9-21-38-3)23(2)30-33-29-11-8-7-10-28(29)32(37)35(30)25-14-18-26(39-4)19-15-25/h7-8,10-19,23H,5-6,9,20-22H2,1-4H3. The maximum atomic E-state index is 13.9. The zero-order valence-corrected chi connectivity index (χ0v) is 23.6. The molecule has 40 heavy (non-hydrogen) atoms. The molecule has 0 aliphatic rings. The molecule has 8 nitrogen and oxygen atoms in total. The maximum Gasteiger partial charge on any atom is 0.266 e. The number of hydrogen-bond acceptors (Lipinski definition) is 6. The summed E-state index contributed by atoms with van der Waals surface area (Å²) in [5.41, 5.74) is 1.56. The van der Waals surface area contributed by atoms with Gasteiger partial charge >= 0.3 is 0 Å². The van der Waals surface area contributed by atoms with E-state index in [1.54, 1.807) is 54.0 Å². The number of nitrogens with zero attached hydrogens (tertiary/aromatic N) is 3. The molecular weight excluding hydrogens is 506 g/mol. The van der Waals surface area contributed by atoms with Crippen molar-refractivity contribution in [2.75, 3.05) is 34.0 Å². The van der Waals surface area contributed by atoms with Crippen LogP contribution < -0.4 is 15.0 Å². The number of carbonyl (C=O) groups is 1. The van der Waals surface area contributed by atoms with E-state index in [1.807, 2.05) is 49.4 Å². The number of carbonyl (C=O) groups excluding carboxylic acids is 1. The van der Waals surface area contributed by atoms with Gasteiger partial charge in [-0.25, -0.2) is 4.98 Å². The first-order valence-electron chi connectivity index (χ1n) is 13.7. The average Bonchev–Trinajstić information content (AvgIpc) is 2.99. The molecule has 0 fully saturated rings. The summed E-state index contributed by atoms with van der Waals surface area (Å²) < 4.78 is 18.0. The predicted molar refractivity (Wildman–Crippen MR) is 157 cm³/mol. The van der Waals surface area contributed by atoms with E-state index < -0.39 is 6.04 Å². The van der Waals surface area contributed by atoms with Crippen LogP contribution in [0.2, 0.25) is 0 Å². The molecule has 0 saturated heterocycles. The Bertz CT molecular complexity index is 1470. The van der Waals surface area contributed by atoms with Crippen molar-refractivity contribution >= 4 is 16.8 Å². The van der Waals surface area contributed by atoms with Crippen LogP contribution in [0, 0.1) is 0 Å². The minimum Gasteiger partial charge on any atom is -0.497 e. The first kappa shape index (κ1) is 28.8. The molecule has 8 heteroatoms. The van der Waals surface area contributed by atoms with Crippen molar-refractivity contribution in [3.63, 3.8) is 0 Å². The summed E-state index contributed by atoms with van der Waals surface area (Å²) in [5, 5.41) is 0.505. The summed E-state index contributed by atoms with van der Waals surface area (Å²) in [6.07, 6.45) is 2.65. The van der Waals surface area contributed by atoms with E-state index in [9.17, 15) is 9.59 Å². The van der Waals surface area contributed by atoms with Gasteiger partial charge in [0.2, 0.25) is 0 Å². The van der Waals surface area contributed by atoms with Gasteiger partial charge in [-0.3, -0.25) is 14.2 Å². The number of aromatic nitrogens is 2. The fourth-order valence-corrected chi connectivity index (χ4v) is 4.59. The van der Waals surface area contributed by atoms with Gasteiger partial charge in [0.1, 0.15) is 17.3 Å². The second-order valence-electron chi connectivity index (χ2n) is 9.57. The number of amides is 1. The van der Waals surface area contributed by atoms with Crippen molar-refractivity contribution < 1.29 is 19.0 Å². The van der Waals surface area contributed by atoms with Gasteiger partial charge in [0.15, 0.2) is 0 Å². The van der Waals surface area contributed by atoms with Crippen molar-refractivity contribution in [3.05, 3.63) is 94.5 Å². The number of rotatable bonds is 13. The fraction of sp³-hybridized carbons (Fsp3) is 0.344. The summed E-state index contributed by atoms with van der Waals surface area (Å²) in [5.74, 6) is 1.72. The third kappa shape index (κ3) is 6.51. The Morgan fingerprint density at radius 3 is 2.30 bits per heavy atom. The molecule has 4 rings (SSSR count). The van der Waals surface area contributed by atoms with E-state index in [2.05, 4.69) is 6.92 Å². The highest BCUT2D eigenvalue weighted by atomic mass is 16.5. The molecule has 1 unspecified atom stereocenters. The van der Waals surface area contributed by atoms with Gasteiger partial charge in [-0.05, 0) is 80.4 Å². The molecular formula is C32H37N3O5. The number of fused-ring (bicyclic) bond motifs is 1. The third-order valence-corrected chi connectivity index (χ3v) is 6.85. The molecule has 1 amide bonds. The van der Waals surface area contributed by atoms with Crippen LogP contribution >= 0.6 is 0 Å². The number of ether oxygens (including phenoxy) is 3. The molecule has 0 aliphatic carbocycles. The largest absolute Gasteiger partial charge is 0.497 e. The second kappa shape index (κ2) is 13.8. The summed E-state index contributed by atoms with van der Waals surface area (Å²) in [6.45, 7) is 5.58. The molecule has 0 N–H and O–H groups in total.